The van der Waals surface area contributed by atoms with Crippen LogP contribution in [0.3, 0.4) is 0 Å². The molecule has 0 aliphatic heterocycles. The average Bonchev–Trinajstić information content (AvgIpc) is 2.81. The minimum atomic E-state index is -1.06. The minimum absolute atomic E-state index is 0.111. The Bertz CT molecular complexity index is 711. The zero-order chi connectivity index (χ0) is 15.6. The lowest BCUT2D eigenvalue weighted by Gasteiger charge is -2.09. The Morgan fingerprint density at radius 3 is 2.71 bits per heavy atom. The molecule has 0 atom stereocenters. The molecule has 110 valence electrons. The quantitative estimate of drug-likeness (QED) is 0.859. The van der Waals surface area contributed by atoms with E-state index in [1.807, 2.05) is 0 Å². The number of anilines is 1. The Morgan fingerprint density at radius 2 is 2.10 bits per heavy atom. The van der Waals surface area contributed by atoms with Gasteiger partial charge in [-0.15, -0.1) is 11.3 Å². The van der Waals surface area contributed by atoms with E-state index in [1.165, 1.54) is 7.11 Å². The van der Waals surface area contributed by atoms with Crippen molar-refractivity contribution in [1.82, 2.24) is 0 Å². The first-order valence-corrected chi connectivity index (χ1v) is 7.57. The number of carboxylic acids is 1. The third kappa shape index (κ3) is 3.25. The van der Waals surface area contributed by atoms with Crippen LogP contribution in [0.5, 0.6) is 5.75 Å². The number of rotatable bonds is 4. The molecule has 2 aromatic rings. The van der Waals surface area contributed by atoms with Gasteiger partial charge in [-0.3, -0.25) is 4.79 Å². The second-order valence-electron chi connectivity index (χ2n) is 4.23. The van der Waals surface area contributed by atoms with E-state index in [2.05, 4.69) is 21.2 Å². The monoisotopic (exact) mass is 369 g/mol. The van der Waals surface area contributed by atoms with Crippen LogP contribution < -0.4 is 10.1 Å². The third-order valence-electron chi connectivity index (χ3n) is 2.83. The van der Waals surface area contributed by atoms with Crippen LogP contribution in [0.2, 0.25) is 0 Å². The van der Waals surface area contributed by atoms with Crippen molar-refractivity contribution in [2.75, 3.05) is 12.4 Å². The maximum absolute atomic E-state index is 12.3. The Morgan fingerprint density at radius 1 is 1.38 bits per heavy atom. The van der Waals surface area contributed by atoms with E-state index in [0.29, 0.717) is 27.0 Å². The molecule has 21 heavy (non-hydrogen) atoms. The fourth-order valence-electron chi connectivity index (χ4n) is 1.74. The lowest BCUT2D eigenvalue weighted by atomic mass is 10.2. The number of aryl methyl sites for hydroxylation is 1. The van der Waals surface area contributed by atoms with E-state index in [1.54, 1.807) is 30.5 Å². The second-order valence-corrected chi connectivity index (χ2v) is 5.96. The summed E-state index contributed by atoms with van der Waals surface area (Å²) in [6, 6.07) is 5.01. The Labute approximate surface area is 133 Å². The van der Waals surface area contributed by atoms with Gasteiger partial charge in [0, 0.05) is 4.47 Å². The molecule has 0 bridgehead atoms. The fraction of sp³-hybridized carbons (Fsp3) is 0.143. The molecule has 0 aliphatic rings. The third-order valence-corrected chi connectivity index (χ3v) is 4.60. The maximum Gasteiger partial charge on any atom is 0.348 e. The summed E-state index contributed by atoms with van der Waals surface area (Å²) in [5.74, 6) is -0.915. The highest BCUT2D eigenvalue weighted by Crippen LogP contribution is 2.29. The summed E-state index contributed by atoms with van der Waals surface area (Å²) in [4.78, 5) is 23.6. The zero-order valence-electron chi connectivity index (χ0n) is 11.3. The summed E-state index contributed by atoms with van der Waals surface area (Å²) >= 11 is 4.38. The van der Waals surface area contributed by atoms with Gasteiger partial charge in [-0.1, -0.05) is 0 Å². The topological polar surface area (TPSA) is 75.6 Å². The summed E-state index contributed by atoms with van der Waals surface area (Å²) < 4.78 is 5.69. The van der Waals surface area contributed by atoms with E-state index >= 15 is 0 Å². The Kier molecular flexibility index (Phi) is 4.64. The average molecular weight is 370 g/mol. The van der Waals surface area contributed by atoms with Gasteiger partial charge in [-0.25, -0.2) is 4.79 Å². The molecule has 0 radical (unpaired) electrons. The van der Waals surface area contributed by atoms with Crippen LogP contribution in [0, 0.1) is 6.92 Å². The highest BCUT2D eigenvalue weighted by Gasteiger charge is 2.19. The lowest BCUT2D eigenvalue weighted by Crippen LogP contribution is -2.15. The number of hydrogen-bond acceptors (Lipinski definition) is 4. The lowest BCUT2D eigenvalue weighted by molar-refractivity contribution is 0.0703. The van der Waals surface area contributed by atoms with Gasteiger partial charge in [0.2, 0.25) is 0 Å². The van der Waals surface area contributed by atoms with Gasteiger partial charge in [0.1, 0.15) is 10.6 Å². The van der Waals surface area contributed by atoms with Crippen molar-refractivity contribution in [3.8, 4) is 5.75 Å². The zero-order valence-corrected chi connectivity index (χ0v) is 13.7. The molecule has 0 fully saturated rings. The van der Waals surface area contributed by atoms with Crippen LogP contribution >= 0.6 is 27.3 Å². The number of halogens is 1. The van der Waals surface area contributed by atoms with Gasteiger partial charge in [-0.2, -0.15) is 0 Å². The number of thiophene rings is 1. The van der Waals surface area contributed by atoms with Crippen molar-refractivity contribution in [2.45, 2.75) is 6.92 Å². The highest BCUT2D eigenvalue weighted by molar-refractivity contribution is 9.10. The molecule has 0 unspecified atom stereocenters. The summed E-state index contributed by atoms with van der Waals surface area (Å²) in [7, 11) is 1.51. The fourth-order valence-corrected chi connectivity index (χ4v) is 3.01. The summed E-state index contributed by atoms with van der Waals surface area (Å²) in [6.45, 7) is 1.75. The second kappa shape index (κ2) is 6.28. The number of ether oxygens (including phenoxy) is 1. The van der Waals surface area contributed by atoms with Crippen LogP contribution in [-0.4, -0.2) is 24.1 Å². The molecule has 1 amide bonds. The van der Waals surface area contributed by atoms with Crippen LogP contribution in [0.1, 0.15) is 25.6 Å². The number of carbonyl (C=O) groups is 2. The van der Waals surface area contributed by atoms with Crippen LogP contribution in [0.4, 0.5) is 5.69 Å². The van der Waals surface area contributed by atoms with Crippen molar-refractivity contribution >= 4 is 44.8 Å². The molecule has 2 rings (SSSR count). The molecule has 0 saturated heterocycles. The molecule has 0 spiro atoms. The summed E-state index contributed by atoms with van der Waals surface area (Å²) in [6.07, 6.45) is 0. The van der Waals surface area contributed by atoms with Crippen molar-refractivity contribution < 1.29 is 19.4 Å². The van der Waals surface area contributed by atoms with E-state index < -0.39 is 11.9 Å². The number of amides is 1. The largest absolute Gasteiger partial charge is 0.497 e. The first-order chi connectivity index (χ1) is 9.93. The number of aromatic carboxylic acids is 1. The molecule has 7 heteroatoms. The molecule has 1 aromatic heterocycles. The number of methoxy groups -OCH3 is 1. The van der Waals surface area contributed by atoms with E-state index in [0.717, 1.165) is 11.3 Å². The van der Waals surface area contributed by atoms with Crippen LogP contribution in [0.25, 0.3) is 0 Å². The number of hydrogen-bond donors (Lipinski definition) is 2. The van der Waals surface area contributed by atoms with Gasteiger partial charge >= 0.3 is 5.97 Å². The highest BCUT2D eigenvalue weighted by atomic mass is 79.9. The van der Waals surface area contributed by atoms with Gasteiger partial charge in [-0.05, 0) is 52.0 Å². The first-order valence-electron chi connectivity index (χ1n) is 5.90. The first kappa shape index (κ1) is 15.5. The van der Waals surface area contributed by atoms with Crippen LogP contribution in [-0.2, 0) is 0 Å². The van der Waals surface area contributed by atoms with E-state index in [4.69, 9.17) is 9.84 Å². The Balaban J connectivity index is 2.35. The molecule has 0 saturated carbocycles. The number of benzene rings is 1. The normalized spacial score (nSPS) is 10.2. The summed E-state index contributed by atoms with van der Waals surface area (Å²) in [5.41, 5.74) is 1.41. The molecule has 5 nitrogen and oxygen atoms in total. The van der Waals surface area contributed by atoms with Gasteiger partial charge in [0.05, 0.1) is 18.4 Å². The molecular formula is C14H12BrNO4S. The number of carbonyl (C=O) groups excluding carboxylic acids is 1. The van der Waals surface area contributed by atoms with E-state index in [9.17, 15) is 9.59 Å². The van der Waals surface area contributed by atoms with Crippen molar-refractivity contribution in [2.24, 2.45) is 0 Å². The SMILES string of the molecule is COc1ccc(Br)c(C(=O)Nc2c(C)csc2C(=O)O)c1. The minimum Gasteiger partial charge on any atom is -0.497 e. The number of carboxylic acid groups (broad SMARTS) is 1. The molecule has 2 N–H and O–H groups in total. The van der Waals surface area contributed by atoms with Crippen molar-refractivity contribution in [3.63, 3.8) is 0 Å². The van der Waals surface area contributed by atoms with Gasteiger partial charge < -0.3 is 15.2 Å². The van der Waals surface area contributed by atoms with Gasteiger partial charge in [0.25, 0.3) is 5.91 Å². The smallest absolute Gasteiger partial charge is 0.348 e. The summed E-state index contributed by atoms with van der Waals surface area (Å²) in [5, 5.41) is 13.5. The van der Waals surface area contributed by atoms with E-state index in [-0.39, 0.29) is 4.88 Å². The molecule has 0 aliphatic carbocycles. The molecular weight excluding hydrogens is 358 g/mol. The predicted octanol–water partition coefficient (Wildman–Crippen LogP) is 3.78. The van der Waals surface area contributed by atoms with Crippen LogP contribution in [0.15, 0.2) is 28.1 Å². The van der Waals surface area contributed by atoms with Crippen molar-refractivity contribution in [1.29, 1.82) is 0 Å². The number of nitrogens with one attached hydrogen (secondary N) is 1. The Hall–Kier alpha value is -1.86. The molecule has 1 aromatic carbocycles. The van der Waals surface area contributed by atoms with Gasteiger partial charge in [0.15, 0.2) is 0 Å². The standard InChI is InChI=1S/C14H12BrNO4S/c1-7-6-21-12(14(18)19)11(7)16-13(17)9-5-8(20-2)3-4-10(9)15/h3-6H,1-2H3,(H,16,17)(H,18,19). The maximum atomic E-state index is 12.3. The van der Waals surface area contributed by atoms with Crippen molar-refractivity contribution in [3.05, 3.63) is 44.1 Å². The molecule has 1 heterocycles. The predicted molar refractivity (Wildman–Crippen MR) is 84.7 cm³/mol.